The number of hydrogen-bond donors (Lipinski definition) is 2. The van der Waals surface area contributed by atoms with Crippen LogP contribution in [0.25, 0.3) is 11.4 Å². The number of rotatable bonds is 4. The van der Waals surface area contributed by atoms with Gasteiger partial charge in [0.15, 0.2) is 5.82 Å². The minimum atomic E-state index is 0.120. The lowest BCUT2D eigenvalue weighted by Crippen LogP contribution is -2.11. The SMILES string of the molecule is Cc1nc(-c2cccc(NC(C)c3nccn3C)c2)n[nH]1. The van der Waals surface area contributed by atoms with Gasteiger partial charge in [0.1, 0.15) is 11.6 Å². The van der Waals surface area contributed by atoms with E-state index in [9.17, 15) is 0 Å². The lowest BCUT2D eigenvalue weighted by atomic mass is 10.1. The predicted molar refractivity (Wildman–Crippen MR) is 81.8 cm³/mol. The molecule has 2 aromatic heterocycles. The van der Waals surface area contributed by atoms with Crippen LogP contribution in [-0.4, -0.2) is 24.7 Å². The second-order valence-electron chi connectivity index (χ2n) is 5.09. The summed E-state index contributed by atoms with van der Waals surface area (Å²) in [5.41, 5.74) is 2.00. The van der Waals surface area contributed by atoms with Crippen LogP contribution in [0.4, 0.5) is 5.69 Å². The first-order valence-corrected chi connectivity index (χ1v) is 6.86. The molecular formula is C15H18N6. The minimum absolute atomic E-state index is 0.120. The van der Waals surface area contributed by atoms with Crippen molar-refractivity contribution in [3.8, 4) is 11.4 Å². The van der Waals surface area contributed by atoms with Crippen molar-refractivity contribution in [1.29, 1.82) is 0 Å². The van der Waals surface area contributed by atoms with Gasteiger partial charge in [0, 0.05) is 30.7 Å². The molecule has 0 saturated heterocycles. The second-order valence-corrected chi connectivity index (χ2v) is 5.09. The molecule has 0 saturated carbocycles. The zero-order valence-corrected chi connectivity index (χ0v) is 12.3. The molecule has 6 nitrogen and oxygen atoms in total. The Kier molecular flexibility index (Phi) is 3.43. The molecule has 0 spiro atoms. The fourth-order valence-electron chi connectivity index (χ4n) is 2.33. The molecule has 2 heterocycles. The number of aryl methyl sites for hydroxylation is 2. The fraction of sp³-hybridized carbons (Fsp3) is 0.267. The lowest BCUT2D eigenvalue weighted by Gasteiger charge is -2.15. The van der Waals surface area contributed by atoms with Crippen LogP contribution in [0, 0.1) is 6.92 Å². The van der Waals surface area contributed by atoms with Gasteiger partial charge in [0.25, 0.3) is 0 Å². The summed E-state index contributed by atoms with van der Waals surface area (Å²) in [5, 5.41) is 10.5. The maximum Gasteiger partial charge on any atom is 0.181 e. The van der Waals surface area contributed by atoms with E-state index < -0.39 is 0 Å². The summed E-state index contributed by atoms with van der Waals surface area (Å²) >= 11 is 0. The molecular weight excluding hydrogens is 264 g/mol. The summed E-state index contributed by atoms with van der Waals surface area (Å²) in [6, 6.07) is 8.19. The van der Waals surface area contributed by atoms with E-state index in [1.54, 1.807) is 6.20 Å². The number of nitrogens with one attached hydrogen (secondary N) is 2. The Morgan fingerprint density at radius 2 is 2.19 bits per heavy atom. The van der Waals surface area contributed by atoms with Crippen LogP contribution >= 0.6 is 0 Å². The molecule has 2 N–H and O–H groups in total. The highest BCUT2D eigenvalue weighted by molar-refractivity contribution is 5.62. The molecule has 0 amide bonds. The van der Waals surface area contributed by atoms with Gasteiger partial charge in [-0.05, 0) is 26.0 Å². The third-order valence-corrected chi connectivity index (χ3v) is 3.35. The monoisotopic (exact) mass is 282 g/mol. The van der Waals surface area contributed by atoms with Crippen molar-refractivity contribution in [2.24, 2.45) is 7.05 Å². The number of aromatic amines is 1. The Morgan fingerprint density at radius 1 is 1.33 bits per heavy atom. The highest BCUT2D eigenvalue weighted by Gasteiger charge is 2.11. The van der Waals surface area contributed by atoms with Crippen LogP contribution in [0.3, 0.4) is 0 Å². The van der Waals surface area contributed by atoms with Crippen molar-refractivity contribution in [1.82, 2.24) is 24.7 Å². The average molecular weight is 282 g/mol. The second kappa shape index (κ2) is 5.40. The van der Waals surface area contributed by atoms with Crippen LogP contribution in [-0.2, 0) is 7.05 Å². The van der Waals surface area contributed by atoms with E-state index in [1.165, 1.54) is 0 Å². The molecule has 0 aliphatic rings. The number of anilines is 1. The van der Waals surface area contributed by atoms with Gasteiger partial charge in [0.05, 0.1) is 6.04 Å². The van der Waals surface area contributed by atoms with Crippen molar-refractivity contribution < 1.29 is 0 Å². The van der Waals surface area contributed by atoms with Gasteiger partial charge in [-0.2, -0.15) is 5.10 Å². The van der Waals surface area contributed by atoms with E-state index in [0.29, 0.717) is 5.82 Å². The molecule has 0 fully saturated rings. The summed E-state index contributed by atoms with van der Waals surface area (Å²) < 4.78 is 2.01. The highest BCUT2D eigenvalue weighted by atomic mass is 15.2. The minimum Gasteiger partial charge on any atom is -0.375 e. The zero-order valence-electron chi connectivity index (χ0n) is 12.3. The maximum atomic E-state index is 4.37. The molecule has 0 aliphatic carbocycles. The van der Waals surface area contributed by atoms with Crippen molar-refractivity contribution in [2.45, 2.75) is 19.9 Å². The standard InChI is InChI=1S/C15H18N6/c1-10(15-16-7-8-21(15)3)17-13-6-4-5-12(9-13)14-18-11(2)19-20-14/h4-10,17H,1-3H3,(H,18,19,20). The van der Waals surface area contributed by atoms with Crippen LogP contribution in [0.1, 0.15) is 24.6 Å². The molecule has 1 aromatic carbocycles. The normalized spacial score (nSPS) is 12.3. The highest BCUT2D eigenvalue weighted by Crippen LogP contribution is 2.22. The van der Waals surface area contributed by atoms with Crippen molar-refractivity contribution in [3.05, 3.63) is 48.3 Å². The zero-order chi connectivity index (χ0) is 14.8. The van der Waals surface area contributed by atoms with E-state index in [4.69, 9.17) is 0 Å². The number of benzene rings is 1. The van der Waals surface area contributed by atoms with E-state index in [0.717, 1.165) is 22.9 Å². The summed E-state index contributed by atoms with van der Waals surface area (Å²) in [4.78, 5) is 8.72. The topological polar surface area (TPSA) is 71.4 Å². The van der Waals surface area contributed by atoms with Crippen molar-refractivity contribution in [2.75, 3.05) is 5.32 Å². The van der Waals surface area contributed by atoms with E-state index in [2.05, 4.69) is 32.4 Å². The van der Waals surface area contributed by atoms with Crippen LogP contribution in [0.15, 0.2) is 36.7 Å². The molecule has 3 rings (SSSR count). The number of imidazole rings is 1. The number of hydrogen-bond acceptors (Lipinski definition) is 4. The Morgan fingerprint density at radius 3 is 2.86 bits per heavy atom. The molecule has 1 atom stereocenters. The van der Waals surface area contributed by atoms with Crippen molar-refractivity contribution >= 4 is 5.69 Å². The molecule has 1 unspecified atom stereocenters. The quantitative estimate of drug-likeness (QED) is 0.771. The molecule has 0 radical (unpaired) electrons. The maximum absolute atomic E-state index is 4.37. The third kappa shape index (κ3) is 2.79. The van der Waals surface area contributed by atoms with E-state index >= 15 is 0 Å². The third-order valence-electron chi connectivity index (χ3n) is 3.35. The summed E-state index contributed by atoms with van der Waals surface area (Å²) in [6.07, 6.45) is 3.75. The average Bonchev–Trinajstić information content (AvgIpc) is 3.08. The smallest absolute Gasteiger partial charge is 0.181 e. The molecule has 21 heavy (non-hydrogen) atoms. The van der Waals surface area contributed by atoms with Gasteiger partial charge in [-0.15, -0.1) is 0 Å². The molecule has 3 aromatic rings. The van der Waals surface area contributed by atoms with Crippen LogP contribution in [0.2, 0.25) is 0 Å². The predicted octanol–water partition coefficient (Wildman–Crippen LogP) is 2.69. The molecule has 0 aliphatic heterocycles. The van der Waals surface area contributed by atoms with E-state index in [-0.39, 0.29) is 6.04 Å². The number of nitrogens with zero attached hydrogens (tertiary/aromatic N) is 4. The largest absolute Gasteiger partial charge is 0.375 e. The number of H-pyrrole nitrogens is 1. The van der Waals surface area contributed by atoms with Gasteiger partial charge < -0.3 is 9.88 Å². The van der Waals surface area contributed by atoms with Gasteiger partial charge in [0.2, 0.25) is 0 Å². The fourth-order valence-corrected chi connectivity index (χ4v) is 2.33. The van der Waals surface area contributed by atoms with Gasteiger partial charge >= 0.3 is 0 Å². The first-order valence-electron chi connectivity index (χ1n) is 6.86. The Balaban J connectivity index is 1.82. The Hall–Kier alpha value is -2.63. The first kappa shape index (κ1) is 13.4. The van der Waals surface area contributed by atoms with Gasteiger partial charge in [-0.3, -0.25) is 5.10 Å². The van der Waals surface area contributed by atoms with Gasteiger partial charge in [-0.1, -0.05) is 12.1 Å². The summed E-state index contributed by atoms with van der Waals surface area (Å²) in [5.74, 6) is 2.51. The summed E-state index contributed by atoms with van der Waals surface area (Å²) in [6.45, 7) is 3.98. The van der Waals surface area contributed by atoms with Gasteiger partial charge in [-0.25, -0.2) is 9.97 Å². The Bertz CT molecular complexity index is 742. The molecule has 108 valence electrons. The van der Waals surface area contributed by atoms with Crippen LogP contribution in [0.5, 0.6) is 0 Å². The summed E-state index contributed by atoms with van der Waals surface area (Å²) in [7, 11) is 1.99. The number of aromatic nitrogens is 5. The van der Waals surface area contributed by atoms with Crippen molar-refractivity contribution in [3.63, 3.8) is 0 Å². The van der Waals surface area contributed by atoms with Crippen LogP contribution < -0.4 is 5.32 Å². The molecule has 0 bridgehead atoms. The van der Waals surface area contributed by atoms with E-state index in [1.807, 2.05) is 49.0 Å². The molecule has 6 heteroatoms. The Labute approximate surface area is 123 Å². The first-order chi connectivity index (χ1) is 10.1. The lowest BCUT2D eigenvalue weighted by molar-refractivity contribution is 0.722.